The first-order valence-corrected chi connectivity index (χ1v) is 10.5. The van der Waals surface area contributed by atoms with Crippen LogP contribution in [-0.4, -0.2) is 61.1 Å². The van der Waals surface area contributed by atoms with Gasteiger partial charge in [-0.1, -0.05) is 12.1 Å². The van der Waals surface area contributed by atoms with Crippen molar-refractivity contribution in [3.8, 4) is 0 Å². The molecule has 31 heavy (non-hydrogen) atoms. The third kappa shape index (κ3) is 4.83. The SMILES string of the molecule is CCN(CC(=O)Nc1ccc(N2CCOCC2)cc1)C(=O)c1cccc2ncccc12. The fraction of sp³-hybridized carbons (Fsp3) is 0.292. The molecule has 2 aromatic carbocycles. The number of hydrogen-bond acceptors (Lipinski definition) is 5. The van der Waals surface area contributed by atoms with Gasteiger partial charge in [-0.25, -0.2) is 0 Å². The Bertz CT molecular complexity index is 1060. The second kappa shape index (κ2) is 9.57. The lowest BCUT2D eigenvalue weighted by molar-refractivity contribution is -0.116. The number of nitrogens with one attached hydrogen (secondary N) is 1. The highest BCUT2D eigenvalue weighted by atomic mass is 16.5. The molecule has 0 atom stereocenters. The van der Waals surface area contributed by atoms with Gasteiger partial charge in [0.15, 0.2) is 0 Å². The Morgan fingerprint density at radius 3 is 2.58 bits per heavy atom. The van der Waals surface area contributed by atoms with Crippen molar-refractivity contribution >= 4 is 34.1 Å². The van der Waals surface area contributed by atoms with Gasteiger partial charge in [-0.2, -0.15) is 0 Å². The number of aromatic nitrogens is 1. The highest BCUT2D eigenvalue weighted by Crippen LogP contribution is 2.20. The van der Waals surface area contributed by atoms with Crippen LogP contribution in [0.1, 0.15) is 17.3 Å². The van der Waals surface area contributed by atoms with Crippen LogP contribution in [0.25, 0.3) is 10.9 Å². The van der Waals surface area contributed by atoms with Crippen molar-refractivity contribution in [1.82, 2.24) is 9.88 Å². The molecule has 1 saturated heterocycles. The van der Waals surface area contributed by atoms with Gasteiger partial charge in [0, 0.05) is 48.2 Å². The summed E-state index contributed by atoms with van der Waals surface area (Å²) in [5, 5.41) is 3.68. The zero-order chi connectivity index (χ0) is 21.6. The van der Waals surface area contributed by atoms with Crippen molar-refractivity contribution in [2.75, 3.05) is 49.6 Å². The van der Waals surface area contributed by atoms with Crippen molar-refractivity contribution in [3.05, 3.63) is 66.4 Å². The molecule has 1 N–H and O–H groups in total. The summed E-state index contributed by atoms with van der Waals surface area (Å²) in [4.78, 5) is 33.8. The monoisotopic (exact) mass is 418 g/mol. The van der Waals surface area contributed by atoms with Gasteiger partial charge in [0.25, 0.3) is 5.91 Å². The van der Waals surface area contributed by atoms with E-state index in [-0.39, 0.29) is 18.4 Å². The third-order valence-corrected chi connectivity index (χ3v) is 5.41. The summed E-state index contributed by atoms with van der Waals surface area (Å²) in [6, 6.07) is 16.9. The Kier molecular flexibility index (Phi) is 6.43. The molecule has 3 aromatic rings. The smallest absolute Gasteiger partial charge is 0.254 e. The number of rotatable bonds is 6. The molecule has 2 amide bonds. The number of benzene rings is 2. The molecule has 160 valence electrons. The first kappa shape index (κ1) is 20.8. The maximum absolute atomic E-state index is 13.1. The summed E-state index contributed by atoms with van der Waals surface area (Å²) in [5.41, 5.74) is 3.13. The molecule has 0 aliphatic carbocycles. The third-order valence-electron chi connectivity index (χ3n) is 5.41. The van der Waals surface area contributed by atoms with E-state index in [1.54, 1.807) is 17.2 Å². The second-order valence-electron chi connectivity index (χ2n) is 7.39. The second-order valence-corrected chi connectivity index (χ2v) is 7.39. The quantitative estimate of drug-likeness (QED) is 0.666. The van der Waals surface area contributed by atoms with Crippen molar-refractivity contribution in [2.24, 2.45) is 0 Å². The Morgan fingerprint density at radius 2 is 1.84 bits per heavy atom. The number of likely N-dealkylation sites (N-methyl/N-ethyl adjacent to an activating group) is 1. The number of fused-ring (bicyclic) bond motifs is 1. The van der Waals surface area contributed by atoms with Crippen LogP contribution in [0.15, 0.2) is 60.8 Å². The molecule has 0 unspecified atom stereocenters. The van der Waals surface area contributed by atoms with E-state index < -0.39 is 0 Å². The van der Waals surface area contributed by atoms with Gasteiger partial charge in [0.05, 0.1) is 18.7 Å². The van der Waals surface area contributed by atoms with Gasteiger partial charge in [-0.05, 0) is 49.4 Å². The summed E-state index contributed by atoms with van der Waals surface area (Å²) < 4.78 is 5.39. The standard InChI is InChI=1S/C24H26N4O3/c1-2-27(24(30)21-5-3-7-22-20(21)6-4-12-25-22)17-23(29)26-18-8-10-19(11-9-18)28-13-15-31-16-14-28/h3-12H,2,13-17H2,1H3,(H,26,29). The predicted molar refractivity (Wildman–Crippen MR) is 121 cm³/mol. The average molecular weight is 418 g/mol. The summed E-state index contributed by atoms with van der Waals surface area (Å²) >= 11 is 0. The van der Waals surface area contributed by atoms with E-state index >= 15 is 0 Å². The number of morpholine rings is 1. The van der Waals surface area contributed by atoms with E-state index in [0.717, 1.165) is 42.9 Å². The normalized spacial score (nSPS) is 13.8. The van der Waals surface area contributed by atoms with Gasteiger partial charge in [0.1, 0.15) is 6.54 Å². The van der Waals surface area contributed by atoms with E-state index in [2.05, 4.69) is 15.2 Å². The molecule has 1 fully saturated rings. The van der Waals surface area contributed by atoms with Crippen LogP contribution in [-0.2, 0) is 9.53 Å². The van der Waals surface area contributed by atoms with E-state index in [4.69, 9.17) is 4.74 Å². The van der Waals surface area contributed by atoms with Crippen LogP contribution in [0.2, 0.25) is 0 Å². The molecule has 1 aliphatic rings. The number of ether oxygens (including phenoxy) is 1. The highest BCUT2D eigenvalue weighted by Gasteiger charge is 2.20. The maximum Gasteiger partial charge on any atom is 0.254 e. The van der Waals surface area contributed by atoms with Gasteiger partial charge in [-0.15, -0.1) is 0 Å². The van der Waals surface area contributed by atoms with Crippen LogP contribution >= 0.6 is 0 Å². The molecule has 1 aliphatic heterocycles. The lowest BCUT2D eigenvalue weighted by Gasteiger charge is -2.29. The van der Waals surface area contributed by atoms with Crippen LogP contribution in [0.5, 0.6) is 0 Å². The number of nitrogens with zero attached hydrogens (tertiary/aromatic N) is 3. The Balaban J connectivity index is 1.41. The number of pyridine rings is 1. The van der Waals surface area contributed by atoms with Crippen molar-refractivity contribution in [1.29, 1.82) is 0 Å². The Labute approximate surface area is 181 Å². The lowest BCUT2D eigenvalue weighted by atomic mass is 10.1. The summed E-state index contributed by atoms with van der Waals surface area (Å²) in [6.45, 7) is 5.46. The predicted octanol–water partition coefficient (Wildman–Crippen LogP) is 3.17. The molecule has 0 spiro atoms. The van der Waals surface area contributed by atoms with Crippen LogP contribution in [0.3, 0.4) is 0 Å². The molecule has 7 nitrogen and oxygen atoms in total. The zero-order valence-corrected chi connectivity index (χ0v) is 17.6. The minimum Gasteiger partial charge on any atom is -0.378 e. The molecule has 0 saturated carbocycles. The lowest BCUT2D eigenvalue weighted by Crippen LogP contribution is -2.38. The molecule has 7 heteroatoms. The van der Waals surface area contributed by atoms with Crippen molar-refractivity contribution in [3.63, 3.8) is 0 Å². The first-order chi connectivity index (χ1) is 15.2. The molecule has 2 heterocycles. The number of hydrogen-bond donors (Lipinski definition) is 1. The Hall–Kier alpha value is -3.45. The molecule has 0 bridgehead atoms. The topological polar surface area (TPSA) is 74.8 Å². The van der Waals surface area contributed by atoms with Crippen LogP contribution in [0.4, 0.5) is 11.4 Å². The fourth-order valence-electron chi connectivity index (χ4n) is 3.74. The molecule has 4 rings (SSSR count). The van der Waals surface area contributed by atoms with Gasteiger partial charge < -0.3 is 19.9 Å². The first-order valence-electron chi connectivity index (χ1n) is 10.5. The van der Waals surface area contributed by atoms with E-state index in [9.17, 15) is 9.59 Å². The van der Waals surface area contributed by atoms with Gasteiger partial charge in [-0.3, -0.25) is 14.6 Å². The van der Waals surface area contributed by atoms with Gasteiger partial charge in [0.2, 0.25) is 5.91 Å². The number of amides is 2. The molecule has 0 radical (unpaired) electrons. The van der Waals surface area contributed by atoms with Crippen LogP contribution in [0, 0.1) is 0 Å². The van der Waals surface area contributed by atoms with Crippen LogP contribution < -0.4 is 10.2 Å². The summed E-state index contributed by atoms with van der Waals surface area (Å²) in [6.07, 6.45) is 1.70. The minimum absolute atomic E-state index is 0.0167. The maximum atomic E-state index is 13.1. The molecular weight excluding hydrogens is 392 g/mol. The largest absolute Gasteiger partial charge is 0.378 e. The molecular formula is C24H26N4O3. The minimum atomic E-state index is -0.229. The van der Waals surface area contributed by atoms with Crippen molar-refractivity contribution < 1.29 is 14.3 Å². The summed E-state index contributed by atoms with van der Waals surface area (Å²) in [7, 11) is 0. The summed E-state index contributed by atoms with van der Waals surface area (Å²) in [5.74, 6) is -0.411. The molecule has 1 aromatic heterocycles. The van der Waals surface area contributed by atoms with E-state index in [1.807, 2.05) is 55.5 Å². The fourth-order valence-corrected chi connectivity index (χ4v) is 3.74. The Morgan fingerprint density at radius 1 is 1.06 bits per heavy atom. The highest BCUT2D eigenvalue weighted by molar-refractivity contribution is 6.07. The van der Waals surface area contributed by atoms with E-state index in [0.29, 0.717) is 17.8 Å². The number of anilines is 2. The number of carbonyl (C=O) groups is 2. The van der Waals surface area contributed by atoms with E-state index in [1.165, 1.54) is 0 Å². The van der Waals surface area contributed by atoms with Gasteiger partial charge >= 0.3 is 0 Å². The average Bonchev–Trinajstić information content (AvgIpc) is 2.83. The zero-order valence-electron chi connectivity index (χ0n) is 17.6. The van der Waals surface area contributed by atoms with Crippen molar-refractivity contribution in [2.45, 2.75) is 6.92 Å². The number of carbonyl (C=O) groups excluding carboxylic acids is 2.